The number of nitrogens with zero attached hydrogens (tertiary/aromatic N) is 1. The molecule has 0 unspecified atom stereocenters. The molecule has 2 N–H and O–H groups in total. The number of nitrogens with one attached hydrogen (secondary N) is 2. The van der Waals surface area contributed by atoms with Crippen molar-refractivity contribution in [1.82, 2.24) is 15.5 Å². The molecule has 1 aliphatic heterocycles. The average molecular weight is 309 g/mol. The Kier molecular flexibility index (Phi) is 4.62. The monoisotopic (exact) mass is 309 g/mol. The first-order valence-corrected chi connectivity index (χ1v) is 7.58. The molecule has 0 bridgehead atoms. The minimum atomic E-state index is -0.413. The molecule has 0 aliphatic carbocycles. The fourth-order valence-corrected chi connectivity index (χ4v) is 3.23. The van der Waals surface area contributed by atoms with E-state index in [9.17, 15) is 14.4 Å². The third kappa shape index (κ3) is 3.41. The summed E-state index contributed by atoms with van der Waals surface area (Å²) in [6.45, 7) is 4.10. The Labute approximate surface area is 127 Å². The maximum atomic E-state index is 12.2. The van der Waals surface area contributed by atoms with E-state index in [1.807, 2.05) is 13.0 Å². The van der Waals surface area contributed by atoms with Crippen LogP contribution in [0.1, 0.15) is 21.5 Å². The van der Waals surface area contributed by atoms with Crippen molar-refractivity contribution in [1.29, 1.82) is 0 Å². The highest BCUT2D eigenvalue weighted by Crippen LogP contribution is 2.20. The van der Waals surface area contributed by atoms with Crippen LogP contribution in [0.4, 0.5) is 0 Å². The van der Waals surface area contributed by atoms with Crippen molar-refractivity contribution in [2.24, 2.45) is 5.92 Å². The zero-order valence-corrected chi connectivity index (χ0v) is 13.1. The zero-order chi connectivity index (χ0) is 15.6. The van der Waals surface area contributed by atoms with Gasteiger partial charge in [-0.3, -0.25) is 14.4 Å². The van der Waals surface area contributed by atoms with Gasteiger partial charge in [0, 0.05) is 31.9 Å². The summed E-state index contributed by atoms with van der Waals surface area (Å²) >= 11 is 1.41. The average Bonchev–Trinajstić information content (AvgIpc) is 3.04. The summed E-state index contributed by atoms with van der Waals surface area (Å²) in [6.07, 6.45) is 0. The molecule has 114 valence electrons. The molecular weight excluding hydrogens is 290 g/mol. The number of carbonyl (C=O) groups is 3. The lowest BCUT2D eigenvalue weighted by molar-refractivity contribution is -0.128. The van der Waals surface area contributed by atoms with Gasteiger partial charge in [0.1, 0.15) is 0 Å². The number of hydrogen-bond donors (Lipinski definition) is 2. The lowest BCUT2D eigenvalue weighted by Crippen LogP contribution is -2.45. The van der Waals surface area contributed by atoms with Crippen molar-refractivity contribution in [3.63, 3.8) is 0 Å². The van der Waals surface area contributed by atoms with Gasteiger partial charge >= 0.3 is 0 Å². The number of rotatable bonds is 3. The van der Waals surface area contributed by atoms with Crippen LogP contribution in [0.25, 0.3) is 0 Å². The Morgan fingerprint density at radius 1 is 1.29 bits per heavy atom. The van der Waals surface area contributed by atoms with Gasteiger partial charge in [-0.25, -0.2) is 0 Å². The van der Waals surface area contributed by atoms with Crippen LogP contribution in [-0.2, 0) is 9.59 Å². The second-order valence-electron chi connectivity index (χ2n) is 5.13. The summed E-state index contributed by atoms with van der Waals surface area (Å²) < 4.78 is 0. The van der Waals surface area contributed by atoms with Gasteiger partial charge in [-0.1, -0.05) is 0 Å². The molecule has 3 amide bonds. The van der Waals surface area contributed by atoms with Crippen LogP contribution in [0.3, 0.4) is 0 Å². The van der Waals surface area contributed by atoms with E-state index in [-0.39, 0.29) is 23.8 Å². The number of carbonyl (C=O) groups excluding carboxylic acids is 3. The maximum Gasteiger partial charge on any atom is 0.261 e. The van der Waals surface area contributed by atoms with Crippen LogP contribution in [0, 0.1) is 12.8 Å². The highest BCUT2D eigenvalue weighted by Gasteiger charge is 2.39. The van der Waals surface area contributed by atoms with E-state index in [1.54, 1.807) is 18.0 Å². The molecule has 0 aromatic carbocycles. The molecule has 1 fully saturated rings. The molecule has 2 rings (SSSR count). The summed E-state index contributed by atoms with van der Waals surface area (Å²) in [4.78, 5) is 38.9. The van der Waals surface area contributed by atoms with E-state index in [1.165, 1.54) is 18.3 Å². The molecule has 7 heteroatoms. The van der Waals surface area contributed by atoms with E-state index in [2.05, 4.69) is 10.6 Å². The molecule has 0 radical (unpaired) electrons. The van der Waals surface area contributed by atoms with Crippen LogP contribution >= 0.6 is 11.3 Å². The summed E-state index contributed by atoms with van der Waals surface area (Å²) in [5, 5.41) is 5.46. The number of likely N-dealkylation sites (tertiary alicyclic amines) is 1. The Bertz CT molecular complexity index is 570. The van der Waals surface area contributed by atoms with Crippen molar-refractivity contribution < 1.29 is 14.4 Å². The molecule has 1 aliphatic rings. The first-order chi connectivity index (χ1) is 9.92. The van der Waals surface area contributed by atoms with Crippen LogP contribution in [-0.4, -0.2) is 48.8 Å². The molecule has 2 heterocycles. The first kappa shape index (κ1) is 15.5. The lowest BCUT2D eigenvalue weighted by Gasteiger charge is -2.17. The molecule has 6 nitrogen and oxygen atoms in total. The molecule has 2 atom stereocenters. The van der Waals surface area contributed by atoms with Gasteiger partial charge in [0.15, 0.2) is 0 Å². The van der Waals surface area contributed by atoms with Gasteiger partial charge in [0.2, 0.25) is 11.8 Å². The second-order valence-corrected chi connectivity index (χ2v) is 6.42. The predicted molar refractivity (Wildman–Crippen MR) is 80.1 cm³/mol. The summed E-state index contributed by atoms with van der Waals surface area (Å²) in [6, 6.07) is 3.29. The van der Waals surface area contributed by atoms with Crippen molar-refractivity contribution in [2.75, 3.05) is 20.1 Å². The first-order valence-electron chi connectivity index (χ1n) is 6.76. The smallest absolute Gasteiger partial charge is 0.261 e. The zero-order valence-electron chi connectivity index (χ0n) is 12.3. The van der Waals surface area contributed by atoms with Gasteiger partial charge in [0.05, 0.1) is 16.8 Å². The Morgan fingerprint density at radius 2 is 2.00 bits per heavy atom. The Morgan fingerprint density at radius 3 is 2.52 bits per heavy atom. The number of hydrogen-bond acceptors (Lipinski definition) is 4. The molecule has 1 aromatic heterocycles. The Balaban J connectivity index is 2.10. The second kappa shape index (κ2) is 6.26. The van der Waals surface area contributed by atoms with Crippen molar-refractivity contribution in [2.45, 2.75) is 19.9 Å². The molecular formula is C14H19N3O3S. The topological polar surface area (TPSA) is 78.5 Å². The van der Waals surface area contributed by atoms with E-state index >= 15 is 0 Å². The number of thiophene rings is 1. The van der Waals surface area contributed by atoms with Gasteiger partial charge in [0.25, 0.3) is 5.91 Å². The van der Waals surface area contributed by atoms with Crippen molar-refractivity contribution >= 4 is 29.1 Å². The van der Waals surface area contributed by atoms with E-state index in [0.29, 0.717) is 18.0 Å². The molecule has 1 saturated heterocycles. The minimum absolute atomic E-state index is 0.0902. The fourth-order valence-electron chi connectivity index (χ4n) is 2.45. The largest absolute Gasteiger partial charge is 0.359 e. The number of aryl methyl sites for hydroxylation is 1. The quantitative estimate of drug-likeness (QED) is 0.847. The molecule has 21 heavy (non-hydrogen) atoms. The van der Waals surface area contributed by atoms with Crippen molar-refractivity contribution in [3.8, 4) is 0 Å². The number of amides is 3. The molecule has 0 spiro atoms. The van der Waals surface area contributed by atoms with Gasteiger partial charge in [-0.15, -0.1) is 11.3 Å². The van der Waals surface area contributed by atoms with Crippen LogP contribution < -0.4 is 10.6 Å². The minimum Gasteiger partial charge on any atom is -0.359 e. The lowest BCUT2D eigenvalue weighted by atomic mass is 10.0. The highest BCUT2D eigenvalue weighted by atomic mass is 32.1. The molecule has 0 saturated carbocycles. The van der Waals surface area contributed by atoms with Crippen LogP contribution in [0.5, 0.6) is 0 Å². The summed E-state index contributed by atoms with van der Waals surface area (Å²) in [7, 11) is 1.56. The predicted octanol–water partition coefficient (Wildman–Crippen LogP) is 0.379. The van der Waals surface area contributed by atoms with Gasteiger partial charge in [-0.2, -0.15) is 0 Å². The standard InChI is InChI=1S/C14H19N3O3S/c1-8-4-5-12(21-8)14(20)16-11-7-17(9(2)18)6-10(11)13(19)15-3/h4-5,10-11H,6-7H2,1-3H3,(H,15,19)(H,16,20)/t10-,11+/m1/s1. The normalized spacial score (nSPS) is 21.2. The SMILES string of the molecule is CNC(=O)[C@@H]1CN(C(C)=O)C[C@@H]1NC(=O)c1ccc(C)s1. The third-order valence-corrected chi connectivity index (χ3v) is 4.63. The summed E-state index contributed by atoms with van der Waals surface area (Å²) in [5.74, 6) is -0.861. The van der Waals surface area contributed by atoms with Crippen molar-refractivity contribution in [3.05, 3.63) is 21.9 Å². The summed E-state index contributed by atoms with van der Waals surface area (Å²) in [5.41, 5.74) is 0. The van der Waals surface area contributed by atoms with E-state index in [4.69, 9.17) is 0 Å². The van der Waals surface area contributed by atoms with Gasteiger partial charge in [-0.05, 0) is 19.1 Å². The fraction of sp³-hybridized carbons (Fsp3) is 0.500. The van der Waals surface area contributed by atoms with E-state index < -0.39 is 5.92 Å². The third-order valence-electron chi connectivity index (χ3n) is 3.63. The van der Waals surface area contributed by atoms with Gasteiger partial charge < -0.3 is 15.5 Å². The molecule has 1 aromatic rings. The van der Waals surface area contributed by atoms with E-state index in [0.717, 1.165) is 4.88 Å². The highest BCUT2D eigenvalue weighted by molar-refractivity contribution is 7.13. The van der Waals surface area contributed by atoms with Crippen LogP contribution in [0.15, 0.2) is 12.1 Å². The maximum absolute atomic E-state index is 12.2. The Hall–Kier alpha value is -1.89. The van der Waals surface area contributed by atoms with Crippen LogP contribution in [0.2, 0.25) is 0 Å².